The van der Waals surface area contributed by atoms with E-state index in [1.54, 1.807) is 7.05 Å². The Morgan fingerprint density at radius 2 is 1.95 bits per heavy atom. The molecule has 100 valence electrons. The van der Waals surface area contributed by atoms with E-state index in [2.05, 4.69) is 27.3 Å². The van der Waals surface area contributed by atoms with E-state index in [-0.39, 0.29) is 5.91 Å². The van der Waals surface area contributed by atoms with Gasteiger partial charge in [0.1, 0.15) is 0 Å². The quantitative estimate of drug-likeness (QED) is 0.763. The highest BCUT2D eigenvalue weighted by Gasteiger charge is 2.12. The number of hydrogen-bond acceptors (Lipinski definition) is 1. The molecule has 0 saturated heterocycles. The molecule has 0 aliphatic heterocycles. The number of carbonyl (C=O) groups excluding carboxylic acids is 1. The van der Waals surface area contributed by atoms with Crippen molar-refractivity contribution in [3.8, 4) is 5.69 Å². The molecule has 0 aliphatic carbocycles. The first-order chi connectivity index (χ1) is 9.70. The fourth-order valence-electron chi connectivity index (χ4n) is 2.33. The number of fused-ring (bicyclic) bond motifs is 1. The molecule has 3 aromatic rings. The first kappa shape index (κ1) is 12.9. The van der Waals surface area contributed by atoms with Crippen LogP contribution in [0.1, 0.15) is 10.4 Å². The lowest BCUT2D eigenvalue weighted by Gasteiger charge is -2.11. The van der Waals surface area contributed by atoms with Gasteiger partial charge in [0.05, 0.1) is 16.8 Å². The monoisotopic (exact) mass is 328 g/mol. The van der Waals surface area contributed by atoms with Crippen molar-refractivity contribution in [2.24, 2.45) is 0 Å². The first-order valence-corrected chi connectivity index (χ1v) is 7.08. The van der Waals surface area contributed by atoms with Gasteiger partial charge in [0.15, 0.2) is 0 Å². The number of hydrogen-bond donors (Lipinski definition) is 1. The first-order valence-electron chi connectivity index (χ1n) is 6.29. The van der Waals surface area contributed by atoms with Crippen LogP contribution in [-0.4, -0.2) is 17.5 Å². The predicted octanol–water partition coefficient (Wildman–Crippen LogP) is 3.75. The summed E-state index contributed by atoms with van der Waals surface area (Å²) in [6.07, 6.45) is 1.98. The third-order valence-electron chi connectivity index (χ3n) is 3.29. The molecule has 3 nitrogen and oxygen atoms in total. The van der Waals surface area contributed by atoms with Crippen LogP contribution in [0, 0.1) is 0 Å². The number of benzene rings is 2. The molecule has 0 bridgehead atoms. The van der Waals surface area contributed by atoms with Gasteiger partial charge in [-0.2, -0.15) is 0 Å². The molecule has 0 atom stereocenters. The highest BCUT2D eigenvalue weighted by Crippen LogP contribution is 2.25. The summed E-state index contributed by atoms with van der Waals surface area (Å²) in [5.41, 5.74) is 2.61. The van der Waals surface area contributed by atoms with E-state index in [9.17, 15) is 4.79 Å². The van der Waals surface area contributed by atoms with Crippen molar-refractivity contribution < 1.29 is 4.79 Å². The number of nitrogens with zero attached hydrogens (tertiary/aromatic N) is 1. The van der Waals surface area contributed by atoms with Crippen LogP contribution in [0.5, 0.6) is 0 Å². The predicted molar refractivity (Wildman–Crippen MR) is 84.4 cm³/mol. The second-order valence-electron chi connectivity index (χ2n) is 4.49. The number of amides is 1. The molecule has 1 aromatic heterocycles. The zero-order valence-electron chi connectivity index (χ0n) is 10.9. The Kier molecular flexibility index (Phi) is 3.32. The van der Waals surface area contributed by atoms with Gasteiger partial charge in [-0.25, -0.2) is 0 Å². The largest absolute Gasteiger partial charge is 0.355 e. The normalized spacial score (nSPS) is 10.7. The topological polar surface area (TPSA) is 34.0 Å². The highest BCUT2D eigenvalue weighted by atomic mass is 79.9. The van der Waals surface area contributed by atoms with Gasteiger partial charge in [-0.3, -0.25) is 4.79 Å². The zero-order chi connectivity index (χ0) is 14.1. The summed E-state index contributed by atoms with van der Waals surface area (Å²) in [7, 11) is 1.64. The second kappa shape index (κ2) is 5.13. The molecule has 0 aliphatic rings. The lowest BCUT2D eigenvalue weighted by atomic mass is 10.1. The van der Waals surface area contributed by atoms with Gasteiger partial charge in [-0.1, -0.05) is 28.1 Å². The van der Waals surface area contributed by atoms with Crippen molar-refractivity contribution >= 4 is 32.7 Å². The Labute approximate surface area is 125 Å². The summed E-state index contributed by atoms with van der Waals surface area (Å²) >= 11 is 3.47. The third-order valence-corrected chi connectivity index (χ3v) is 3.78. The van der Waals surface area contributed by atoms with E-state index in [0.29, 0.717) is 5.56 Å². The maximum atomic E-state index is 12.0. The molecule has 4 heteroatoms. The summed E-state index contributed by atoms with van der Waals surface area (Å²) in [5.74, 6) is -0.0837. The zero-order valence-corrected chi connectivity index (χ0v) is 12.5. The van der Waals surface area contributed by atoms with Gasteiger partial charge in [-0.05, 0) is 36.4 Å². The fraction of sp³-hybridized carbons (Fsp3) is 0.0625. The Morgan fingerprint density at radius 1 is 1.15 bits per heavy atom. The molecule has 0 fully saturated rings. The van der Waals surface area contributed by atoms with Crippen LogP contribution >= 0.6 is 15.9 Å². The van der Waals surface area contributed by atoms with Crippen LogP contribution in [-0.2, 0) is 0 Å². The van der Waals surface area contributed by atoms with Crippen LogP contribution in [0.4, 0.5) is 0 Å². The molecule has 20 heavy (non-hydrogen) atoms. The SMILES string of the molecule is CNC(=O)c1ccccc1-n1ccc2cc(Br)ccc21. The number of carbonyl (C=O) groups is 1. The summed E-state index contributed by atoms with van der Waals surface area (Å²) in [5, 5.41) is 3.81. The minimum atomic E-state index is -0.0837. The van der Waals surface area contributed by atoms with E-state index in [0.717, 1.165) is 21.1 Å². The third kappa shape index (κ3) is 2.12. The number of para-hydroxylation sites is 1. The molecular weight excluding hydrogens is 316 g/mol. The standard InChI is InChI=1S/C16H13BrN2O/c1-18-16(20)13-4-2-3-5-15(13)19-9-8-11-10-12(17)6-7-14(11)19/h2-10H,1H3,(H,18,20). The van der Waals surface area contributed by atoms with Gasteiger partial charge in [0.25, 0.3) is 5.91 Å². The average Bonchev–Trinajstić information content (AvgIpc) is 2.89. The molecule has 0 spiro atoms. The second-order valence-corrected chi connectivity index (χ2v) is 5.40. The van der Waals surface area contributed by atoms with Crippen LogP contribution in [0.3, 0.4) is 0 Å². The Morgan fingerprint density at radius 3 is 2.75 bits per heavy atom. The number of halogens is 1. The summed E-state index contributed by atoms with van der Waals surface area (Å²) in [6.45, 7) is 0. The van der Waals surface area contributed by atoms with Crippen molar-refractivity contribution in [3.05, 3.63) is 64.8 Å². The van der Waals surface area contributed by atoms with Crippen molar-refractivity contribution in [1.29, 1.82) is 0 Å². The van der Waals surface area contributed by atoms with Crippen molar-refractivity contribution in [3.63, 3.8) is 0 Å². The molecule has 1 N–H and O–H groups in total. The average molecular weight is 329 g/mol. The Bertz CT molecular complexity index is 792. The highest BCUT2D eigenvalue weighted by molar-refractivity contribution is 9.10. The van der Waals surface area contributed by atoms with E-state index in [1.807, 2.05) is 53.2 Å². The Balaban J connectivity index is 2.24. The summed E-state index contributed by atoms with van der Waals surface area (Å²) in [4.78, 5) is 12.0. The number of aromatic nitrogens is 1. The molecule has 0 unspecified atom stereocenters. The van der Waals surface area contributed by atoms with Crippen molar-refractivity contribution in [2.45, 2.75) is 0 Å². The molecule has 3 rings (SSSR count). The van der Waals surface area contributed by atoms with Gasteiger partial charge in [0, 0.05) is 23.1 Å². The number of nitrogens with one attached hydrogen (secondary N) is 1. The maximum Gasteiger partial charge on any atom is 0.253 e. The minimum Gasteiger partial charge on any atom is -0.355 e. The van der Waals surface area contributed by atoms with Crippen molar-refractivity contribution in [2.75, 3.05) is 7.05 Å². The smallest absolute Gasteiger partial charge is 0.253 e. The summed E-state index contributed by atoms with van der Waals surface area (Å²) in [6, 6.07) is 15.7. The molecule has 1 heterocycles. The molecule has 0 saturated carbocycles. The van der Waals surface area contributed by atoms with E-state index in [1.165, 1.54) is 0 Å². The van der Waals surface area contributed by atoms with Crippen LogP contribution in [0.25, 0.3) is 16.6 Å². The fourth-order valence-corrected chi connectivity index (χ4v) is 2.71. The van der Waals surface area contributed by atoms with E-state index < -0.39 is 0 Å². The lowest BCUT2D eigenvalue weighted by Crippen LogP contribution is -2.19. The molecule has 1 amide bonds. The van der Waals surface area contributed by atoms with E-state index >= 15 is 0 Å². The molecular formula is C16H13BrN2O. The van der Waals surface area contributed by atoms with Crippen molar-refractivity contribution in [1.82, 2.24) is 9.88 Å². The lowest BCUT2D eigenvalue weighted by molar-refractivity contribution is 0.0963. The van der Waals surface area contributed by atoms with Crippen LogP contribution < -0.4 is 5.32 Å². The van der Waals surface area contributed by atoms with Crippen LogP contribution in [0.2, 0.25) is 0 Å². The minimum absolute atomic E-state index is 0.0837. The number of rotatable bonds is 2. The van der Waals surface area contributed by atoms with Gasteiger partial charge < -0.3 is 9.88 Å². The molecule has 2 aromatic carbocycles. The van der Waals surface area contributed by atoms with Gasteiger partial charge >= 0.3 is 0 Å². The molecule has 0 radical (unpaired) electrons. The Hall–Kier alpha value is -2.07. The van der Waals surface area contributed by atoms with Gasteiger partial charge in [-0.15, -0.1) is 0 Å². The maximum absolute atomic E-state index is 12.0. The van der Waals surface area contributed by atoms with E-state index in [4.69, 9.17) is 0 Å². The van der Waals surface area contributed by atoms with Crippen LogP contribution in [0.15, 0.2) is 59.2 Å². The summed E-state index contributed by atoms with van der Waals surface area (Å²) < 4.78 is 3.08. The van der Waals surface area contributed by atoms with Gasteiger partial charge in [0.2, 0.25) is 0 Å².